The first-order valence-corrected chi connectivity index (χ1v) is 8.51. The molecule has 0 aromatic heterocycles. The highest BCUT2D eigenvalue weighted by Crippen LogP contribution is 2.17. The molecule has 122 valence electrons. The fourth-order valence-electron chi connectivity index (χ4n) is 3.27. The van der Waals surface area contributed by atoms with E-state index in [9.17, 15) is 4.79 Å². The van der Waals surface area contributed by atoms with Crippen LogP contribution < -0.4 is 5.73 Å². The van der Waals surface area contributed by atoms with Crippen LogP contribution in [0.15, 0.2) is 0 Å². The molecule has 0 aromatic carbocycles. The van der Waals surface area contributed by atoms with E-state index in [1.807, 2.05) is 0 Å². The molecule has 2 aliphatic rings. The number of amides is 1. The first kappa shape index (κ1) is 16.7. The van der Waals surface area contributed by atoms with Crippen molar-refractivity contribution in [2.75, 3.05) is 45.9 Å². The Kier molecular flexibility index (Phi) is 6.93. The number of carbonyl (C=O) groups is 1. The Balaban J connectivity index is 1.64. The van der Waals surface area contributed by atoms with Gasteiger partial charge in [-0.25, -0.2) is 0 Å². The van der Waals surface area contributed by atoms with Crippen LogP contribution in [0, 0.1) is 5.92 Å². The molecule has 0 bridgehead atoms. The SMILES string of the molecule is CC1CCCN(C(=O)CN2CCC(OCCCN)CC2)C1. The van der Waals surface area contributed by atoms with Crippen LogP contribution in [0.1, 0.15) is 39.0 Å². The summed E-state index contributed by atoms with van der Waals surface area (Å²) in [5, 5.41) is 0. The molecule has 2 aliphatic heterocycles. The number of piperidine rings is 2. The minimum absolute atomic E-state index is 0.309. The first-order valence-electron chi connectivity index (χ1n) is 8.51. The van der Waals surface area contributed by atoms with E-state index >= 15 is 0 Å². The molecule has 21 heavy (non-hydrogen) atoms. The minimum Gasteiger partial charge on any atom is -0.378 e. The van der Waals surface area contributed by atoms with E-state index in [0.717, 1.165) is 58.5 Å². The summed E-state index contributed by atoms with van der Waals surface area (Å²) in [4.78, 5) is 16.7. The third-order valence-electron chi connectivity index (χ3n) is 4.61. The maximum Gasteiger partial charge on any atom is 0.236 e. The van der Waals surface area contributed by atoms with Gasteiger partial charge >= 0.3 is 0 Å². The number of likely N-dealkylation sites (tertiary alicyclic amines) is 2. The molecule has 5 nitrogen and oxygen atoms in total. The summed E-state index contributed by atoms with van der Waals surface area (Å²) in [7, 11) is 0. The number of nitrogens with zero attached hydrogens (tertiary/aromatic N) is 2. The van der Waals surface area contributed by atoms with Crippen molar-refractivity contribution in [1.29, 1.82) is 0 Å². The van der Waals surface area contributed by atoms with E-state index in [2.05, 4.69) is 16.7 Å². The molecule has 0 aromatic rings. The molecular formula is C16H31N3O2. The molecule has 0 saturated carbocycles. The second-order valence-corrected chi connectivity index (χ2v) is 6.58. The minimum atomic E-state index is 0.309. The number of hydrogen-bond acceptors (Lipinski definition) is 4. The Hall–Kier alpha value is -0.650. The molecule has 2 saturated heterocycles. The van der Waals surface area contributed by atoms with Gasteiger partial charge in [0.15, 0.2) is 0 Å². The Morgan fingerprint density at radius 3 is 2.67 bits per heavy atom. The van der Waals surface area contributed by atoms with E-state index < -0.39 is 0 Å². The van der Waals surface area contributed by atoms with Gasteiger partial charge in [-0.05, 0) is 44.6 Å². The molecule has 1 amide bonds. The van der Waals surface area contributed by atoms with Crippen molar-refractivity contribution in [3.63, 3.8) is 0 Å². The van der Waals surface area contributed by atoms with Crippen molar-refractivity contribution in [1.82, 2.24) is 9.80 Å². The lowest BCUT2D eigenvalue weighted by atomic mass is 10.0. The molecule has 2 rings (SSSR count). The fourth-order valence-corrected chi connectivity index (χ4v) is 3.27. The average Bonchev–Trinajstić information content (AvgIpc) is 2.49. The van der Waals surface area contributed by atoms with Crippen molar-refractivity contribution in [3.05, 3.63) is 0 Å². The Morgan fingerprint density at radius 1 is 1.24 bits per heavy atom. The van der Waals surface area contributed by atoms with Crippen molar-refractivity contribution in [3.8, 4) is 0 Å². The standard InChI is InChI=1S/C16H31N3O2/c1-14-4-2-8-19(12-14)16(20)13-18-9-5-15(6-10-18)21-11-3-7-17/h14-15H,2-13,17H2,1H3. The zero-order valence-electron chi connectivity index (χ0n) is 13.4. The molecule has 2 fully saturated rings. The van der Waals surface area contributed by atoms with Crippen LogP contribution in [0.25, 0.3) is 0 Å². The summed E-state index contributed by atoms with van der Waals surface area (Å²) in [6, 6.07) is 0. The summed E-state index contributed by atoms with van der Waals surface area (Å²) >= 11 is 0. The quantitative estimate of drug-likeness (QED) is 0.745. The Morgan fingerprint density at radius 2 is 2.00 bits per heavy atom. The maximum atomic E-state index is 12.3. The van der Waals surface area contributed by atoms with Gasteiger partial charge in [0.1, 0.15) is 0 Å². The molecule has 0 spiro atoms. The van der Waals surface area contributed by atoms with Crippen molar-refractivity contribution >= 4 is 5.91 Å². The van der Waals surface area contributed by atoms with E-state index in [0.29, 0.717) is 31.0 Å². The van der Waals surface area contributed by atoms with Crippen LogP contribution in [0.5, 0.6) is 0 Å². The number of nitrogens with two attached hydrogens (primary N) is 1. The van der Waals surface area contributed by atoms with Gasteiger partial charge in [-0.2, -0.15) is 0 Å². The molecule has 0 aliphatic carbocycles. The topological polar surface area (TPSA) is 58.8 Å². The van der Waals surface area contributed by atoms with Crippen LogP contribution in [-0.4, -0.2) is 67.7 Å². The van der Waals surface area contributed by atoms with Gasteiger partial charge in [-0.1, -0.05) is 6.92 Å². The Bertz CT molecular complexity index is 317. The van der Waals surface area contributed by atoms with Gasteiger partial charge in [0.2, 0.25) is 5.91 Å². The summed E-state index contributed by atoms with van der Waals surface area (Å²) in [5.41, 5.74) is 5.47. The van der Waals surface area contributed by atoms with Crippen molar-refractivity contribution in [2.45, 2.75) is 45.1 Å². The van der Waals surface area contributed by atoms with Gasteiger partial charge in [0, 0.05) is 32.8 Å². The van der Waals surface area contributed by atoms with Gasteiger partial charge in [-0.15, -0.1) is 0 Å². The molecule has 2 N–H and O–H groups in total. The summed E-state index contributed by atoms with van der Waals surface area (Å²) < 4.78 is 5.81. The smallest absolute Gasteiger partial charge is 0.236 e. The normalized spacial score (nSPS) is 25.2. The van der Waals surface area contributed by atoms with Crippen molar-refractivity contribution < 1.29 is 9.53 Å². The van der Waals surface area contributed by atoms with Gasteiger partial charge in [-0.3, -0.25) is 9.69 Å². The first-order chi connectivity index (χ1) is 10.2. The second-order valence-electron chi connectivity index (χ2n) is 6.58. The molecule has 1 atom stereocenters. The van der Waals surface area contributed by atoms with Crippen molar-refractivity contribution in [2.24, 2.45) is 11.7 Å². The van der Waals surface area contributed by atoms with E-state index in [1.54, 1.807) is 0 Å². The predicted molar refractivity (Wildman–Crippen MR) is 84.1 cm³/mol. The largest absolute Gasteiger partial charge is 0.378 e. The third kappa shape index (κ3) is 5.57. The summed E-state index contributed by atoms with van der Waals surface area (Å²) in [6.45, 7) is 8.13. The van der Waals surface area contributed by atoms with Crippen LogP contribution >= 0.6 is 0 Å². The highest BCUT2D eigenvalue weighted by atomic mass is 16.5. The average molecular weight is 297 g/mol. The van der Waals surface area contributed by atoms with Gasteiger partial charge in [0.05, 0.1) is 12.6 Å². The molecule has 5 heteroatoms. The van der Waals surface area contributed by atoms with Gasteiger partial charge in [0.25, 0.3) is 0 Å². The Labute approximate surface area is 128 Å². The lowest BCUT2D eigenvalue weighted by Crippen LogP contribution is -2.47. The summed E-state index contributed by atoms with van der Waals surface area (Å²) in [5.74, 6) is 0.966. The van der Waals surface area contributed by atoms with E-state index in [1.165, 1.54) is 6.42 Å². The maximum absolute atomic E-state index is 12.3. The van der Waals surface area contributed by atoms with E-state index in [-0.39, 0.29) is 0 Å². The molecular weight excluding hydrogens is 266 g/mol. The zero-order valence-corrected chi connectivity index (χ0v) is 13.4. The monoisotopic (exact) mass is 297 g/mol. The fraction of sp³-hybridized carbons (Fsp3) is 0.938. The number of rotatable bonds is 6. The predicted octanol–water partition coefficient (Wildman–Crippen LogP) is 1.07. The number of ether oxygens (including phenoxy) is 1. The van der Waals surface area contributed by atoms with Crippen LogP contribution in [0.3, 0.4) is 0 Å². The zero-order chi connectivity index (χ0) is 15.1. The molecule has 2 heterocycles. The lowest BCUT2D eigenvalue weighted by Gasteiger charge is -2.35. The highest BCUT2D eigenvalue weighted by Gasteiger charge is 2.25. The van der Waals surface area contributed by atoms with Crippen LogP contribution in [0.4, 0.5) is 0 Å². The van der Waals surface area contributed by atoms with E-state index in [4.69, 9.17) is 10.5 Å². The van der Waals surface area contributed by atoms with Gasteiger partial charge < -0.3 is 15.4 Å². The van der Waals surface area contributed by atoms with Crippen LogP contribution in [-0.2, 0) is 9.53 Å². The number of carbonyl (C=O) groups excluding carboxylic acids is 1. The second kappa shape index (κ2) is 8.71. The lowest BCUT2D eigenvalue weighted by molar-refractivity contribution is -0.134. The molecule has 1 unspecified atom stereocenters. The number of hydrogen-bond donors (Lipinski definition) is 1. The van der Waals surface area contributed by atoms with Crippen LogP contribution in [0.2, 0.25) is 0 Å². The third-order valence-corrected chi connectivity index (χ3v) is 4.61. The summed E-state index contributed by atoms with van der Waals surface area (Å²) in [6.07, 6.45) is 5.78. The molecule has 0 radical (unpaired) electrons. The highest BCUT2D eigenvalue weighted by molar-refractivity contribution is 5.78.